The Morgan fingerprint density at radius 1 is 1.28 bits per heavy atom. The number of hydrogen-bond donors (Lipinski definition) is 1. The van der Waals surface area contributed by atoms with Gasteiger partial charge < -0.3 is 9.84 Å². The number of nitrogens with one attached hydrogen (secondary N) is 1. The lowest BCUT2D eigenvalue weighted by Gasteiger charge is -2.06. The molecule has 0 aliphatic rings. The first kappa shape index (κ1) is 19.4. The van der Waals surface area contributed by atoms with Gasteiger partial charge in [-0.25, -0.2) is 4.98 Å². The van der Waals surface area contributed by atoms with Crippen molar-refractivity contribution in [2.24, 2.45) is 7.05 Å². The van der Waals surface area contributed by atoms with Gasteiger partial charge in [0, 0.05) is 30.2 Å². The van der Waals surface area contributed by atoms with Crippen LogP contribution in [0.4, 0.5) is 5.82 Å². The van der Waals surface area contributed by atoms with E-state index >= 15 is 0 Å². The van der Waals surface area contributed by atoms with Crippen LogP contribution < -0.4 is 10.9 Å². The molecule has 3 aromatic heterocycles. The smallest absolute Gasteiger partial charge is 0.262 e. The highest BCUT2D eigenvalue weighted by atomic mass is 32.2. The Bertz CT molecular complexity index is 1230. The number of nitrogens with zero attached hydrogens (tertiary/aromatic N) is 3. The fourth-order valence-electron chi connectivity index (χ4n) is 2.79. The number of thioether (sulfide) groups is 1. The van der Waals surface area contributed by atoms with E-state index in [1.54, 1.807) is 20.0 Å². The van der Waals surface area contributed by atoms with Gasteiger partial charge >= 0.3 is 0 Å². The third kappa shape index (κ3) is 4.25. The lowest BCUT2D eigenvalue weighted by molar-refractivity contribution is -0.115. The van der Waals surface area contributed by atoms with Crippen molar-refractivity contribution in [1.29, 1.82) is 0 Å². The number of rotatable bonds is 6. The second-order valence-corrected chi connectivity index (χ2v) is 8.52. The van der Waals surface area contributed by atoms with E-state index in [4.69, 9.17) is 4.52 Å². The maximum atomic E-state index is 12.8. The number of carbonyl (C=O) groups excluding carboxylic acids is 1. The van der Waals surface area contributed by atoms with Crippen molar-refractivity contribution in [1.82, 2.24) is 14.7 Å². The van der Waals surface area contributed by atoms with E-state index < -0.39 is 0 Å². The average molecular weight is 427 g/mol. The van der Waals surface area contributed by atoms with Crippen LogP contribution in [0.15, 0.2) is 56.9 Å². The van der Waals surface area contributed by atoms with Crippen molar-refractivity contribution in [3.05, 3.63) is 58.6 Å². The van der Waals surface area contributed by atoms with E-state index in [-0.39, 0.29) is 17.9 Å². The van der Waals surface area contributed by atoms with E-state index in [2.05, 4.69) is 15.5 Å². The predicted molar refractivity (Wildman–Crippen MR) is 116 cm³/mol. The second-order valence-electron chi connectivity index (χ2n) is 6.42. The van der Waals surface area contributed by atoms with Crippen LogP contribution in [0.3, 0.4) is 0 Å². The maximum Gasteiger partial charge on any atom is 0.262 e. The molecule has 0 aliphatic heterocycles. The number of carbonyl (C=O) groups is 1. The lowest BCUT2D eigenvalue weighted by Crippen LogP contribution is -2.19. The molecule has 1 N–H and O–H groups in total. The molecule has 0 unspecified atom stereocenters. The topological polar surface area (TPSA) is 90.0 Å². The number of amides is 1. The molecule has 4 aromatic rings. The van der Waals surface area contributed by atoms with Gasteiger partial charge in [-0.3, -0.25) is 14.2 Å². The zero-order chi connectivity index (χ0) is 20.4. The summed E-state index contributed by atoms with van der Waals surface area (Å²) >= 11 is 2.87. The summed E-state index contributed by atoms with van der Waals surface area (Å²) in [6.07, 6.45) is 0.268. The highest BCUT2D eigenvalue weighted by molar-refractivity contribution is 7.99. The number of aromatic nitrogens is 3. The first-order valence-corrected chi connectivity index (χ1v) is 10.7. The number of benzene rings is 1. The molecule has 0 aliphatic carbocycles. The molecule has 0 saturated heterocycles. The summed E-state index contributed by atoms with van der Waals surface area (Å²) in [4.78, 5) is 31.2. The van der Waals surface area contributed by atoms with E-state index in [1.807, 2.05) is 36.4 Å². The fourth-order valence-corrected chi connectivity index (χ4v) is 4.77. The summed E-state index contributed by atoms with van der Waals surface area (Å²) in [5.41, 5.74) is 0.977. The van der Waals surface area contributed by atoms with Crippen molar-refractivity contribution >= 4 is 45.0 Å². The van der Waals surface area contributed by atoms with E-state index in [0.717, 1.165) is 10.4 Å². The summed E-state index contributed by atoms with van der Waals surface area (Å²) < 4.78 is 6.46. The van der Waals surface area contributed by atoms with Crippen LogP contribution in [-0.2, 0) is 11.8 Å². The summed E-state index contributed by atoms with van der Waals surface area (Å²) in [7, 11) is 1.70. The Hall–Kier alpha value is -2.91. The van der Waals surface area contributed by atoms with Crippen LogP contribution in [-0.4, -0.2) is 26.4 Å². The average Bonchev–Trinajstić information content (AvgIpc) is 3.32. The molecule has 0 fully saturated rings. The Kier molecular flexibility index (Phi) is 5.50. The molecule has 0 bridgehead atoms. The number of thiophene rings is 1. The third-order valence-corrected chi connectivity index (χ3v) is 6.36. The van der Waals surface area contributed by atoms with Crippen molar-refractivity contribution in [3.63, 3.8) is 0 Å². The summed E-state index contributed by atoms with van der Waals surface area (Å²) in [6.45, 7) is 1.76. The van der Waals surface area contributed by atoms with Gasteiger partial charge in [-0.15, -0.1) is 11.3 Å². The quantitative estimate of drug-likeness (QED) is 0.369. The van der Waals surface area contributed by atoms with Crippen molar-refractivity contribution in [3.8, 4) is 10.4 Å². The van der Waals surface area contributed by atoms with Gasteiger partial charge in [-0.05, 0) is 18.6 Å². The number of aryl methyl sites for hydroxylation is 1. The number of hydrogen-bond acceptors (Lipinski definition) is 7. The second kappa shape index (κ2) is 8.22. The van der Waals surface area contributed by atoms with Crippen molar-refractivity contribution in [2.45, 2.75) is 18.5 Å². The minimum Gasteiger partial charge on any atom is -0.360 e. The minimum absolute atomic E-state index is 0.0848. The summed E-state index contributed by atoms with van der Waals surface area (Å²) in [5.74, 6) is 1.36. The van der Waals surface area contributed by atoms with Crippen LogP contribution in [0.2, 0.25) is 0 Å². The van der Waals surface area contributed by atoms with Gasteiger partial charge in [-0.2, -0.15) is 0 Å². The SMILES string of the molecule is Cc1cc(NC(=O)CCSc2nc3sc(-c4ccccc4)cc3c(=O)n2C)no1. The molecule has 0 saturated carbocycles. The zero-order valence-electron chi connectivity index (χ0n) is 15.8. The fraction of sp³-hybridized carbons (Fsp3) is 0.200. The normalized spacial score (nSPS) is 11.1. The van der Waals surface area contributed by atoms with Crippen molar-refractivity contribution < 1.29 is 9.32 Å². The molecular formula is C20H18N4O3S2. The van der Waals surface area contributed by atoms with Gasteiger partial charge in [0.1, 0.15) is 10.6 Å². The first-order chi connectivity index (χ1) is 14.0. The highest BCUT2D eigenvalue weighted by Gasteiger charge is 2.14. The third-order valence-electron chi connectivity index (χ3n) is 4.25. The highest BCUT2D eigenvalue weighted by Crippen LogP contribution is 2.32. The Morgan fingerprint density at radius 2 is 2.07 bits per heavy atom. The molecule has 1 aromatic carbocycles. The predicted octanol–water partition coefficient (Wildman–Crippen LogP) is 4.08. The molecule has 4 rings (SSSR count). The van der Waals surface area contributed by atoms with Gasteiger partial charge in [0.05, 0.1) is 5.39 Å². The largest absolute Gasteiger partial charge is 0.360 e. The van der Waals surface area contributed by atoms with Crippen LogP contribution in [0, 0.1) is 6.92 Å². The van der Waals surface area contributed by atoms with Gasteiger partial charge in [-0.1, -0.05) is 47.3 Å². The van der Waals surface area contributed by atoms with Crippen LogP contribution >= 0.6 is 23.1 Å². The molecule has 0 spiro atoms. The molecule has 148 valence electrons. The minimum atomic E-state index is -0.167. The van der Waals surface area contributed by atoms with Gasteiger partial charge in [0.15, 0.2) is 11.0 Å². The molecule has 9 heteroatoms. The van der Waals surface area contributed by atoms with E-state index in [1.165, 1.54) is 27.7 Å². The Balaban J connectivity index is 1.48. The molecule has 3 heterocycles. The molecule has 0 radical (unpaired) electrons. The Morgan fingerprint density at radius 3 is 2.79 bits per heavy atom. The monoisotopic (exact) mass is 426 g/mol. The molecule has 29 heavy (non-hydrogen) atoms. The van der Waals surface area contributed by atoms with Crippen LogP contribution in [0.1, 0.15) is 12.2 Å². The number of fused-ring (bicyclic) bond motifs is 1. The van der Waals surface area contributed by atoms with Crippen molar-refractivity contribution in [2.75, 3.05) is 11.1 Å². The van der Waals surface area contributed by atoms with E-state index in [0.29, 0.717) is 32.7 Å². The zero-order valence-corrected chi connectivity index (χ0v) is 17.5. The summed E-state index contributed by atoms with van der Waals surface area (Å²) in [6, 6.07) is 13.5. The summed E-state index contributed by atoms with van der Waals surface area (Å²) in [5, 5.41) is 7.62. The van der Waals surface area contributed by atoms with E-state index in [9.17, 15) is 9.59 Å². The van der Waals surface area contributed by atoms with Crippen LogP contribution in [0.5, 0.6) is 0 Å². The van der Waals surface area contributed by atoms with Gasteiger partial charge in [0.25, 0.3) is 5.56 Å². The molecule has 1 amide bonds. The van der Waals surface area contributed by atoms with Crippen LogP contribution in [0.25, 0.3) is 20.7 Å². The first-order valence-electron chi connectivity index (χ1n) is 8.93. The standard InChI is InChI=1S/C20H18N4O3S2/c1-12-10-16(23-27-12)21-17(25)8-9-28-20-22-18-14(19(26)24(20)2)11-15(29-18)13-6-4-3-5-7-13/h3-7,10-11H,8-9H2,1-2H3,(H,21,23,25). The number of anilines is 1. The molecular weight excluding hydrogens is 408 g/mol. The Labute approximate surface area is 174 Å². The lowest BCUT2D eigenvalue weighted by atomic mass is 10.2. The molecule has 0 atom stereocenters. The molecule has 7 nitrogen and oxygen atoms in total. The maximum absolute atomic E-state index is 12.8. The van der Waals surface area contributed by atoms with Gasteiger partial charge in [0.2, 0.25) is 5.91 Å².